The van der Waals surface area contributed by atoms with Crippen LogP contribution in [0.5, 0.6) is 11.5 Å². The molecule has 0 saturated heterocycles. The van der Waals surface area contributed by atoms with Crippen LogP contribution in [-0.2, 0) is 4.79 Å². The molecule has 2 N–H and O–H groups in total. The molecule has 136 valence electrons. The van der Waals surface area contributed by atoms with Gasteiger partial charge in [0.05, 0.1) is 12.3 Å². The molecule has 7 heteroatoms. The minimum absolute atomic E-state index is 0.342. The van der Waals surface area contributed by atoms with Crippen molar-refractivity contribution in [3.8, 4) is 11.5 Å². The number of nitrogens with zero attached hydrogens (tertiary/aromatic N) is 1. The molecule has 0 saturated carbocycles. The van der Waals surface area contributed by atoms with Crippen molar-refractivity contribution in [3.05, 3.63) is 59.7 Å². The van der Waals surface area contributed by atoms with Crippen molar-refractivity contribution in [1.82, 2.24) is 5.43 Å². The Morgan fingerprint density at radius 2 is 1.77 bits per heavy atom. The zero-order chi connectivity index (χ0) is 18.9. The van der Waals surface area contributed by atoms with Crippen molar-refractivity contribution in [3.63, 3.8) is 0 Å². The zero-order valence-electron chi connectivity index (χ0n) is 14.6. The van der Waals surface area contributed by atoms with Crippen molar-refractivity contribution in [2.75, 3.05) is 13.2 Å². The predicted molar refractivity (Wildman–Crippen MR) is 96.9 cm³/mol. The van der Waals surface area contributed by atoms with Gasteiger partial charge in [-0.3, -0.25) is 4.79 Å². The van der Waals surface area contributed by atoms with Gasteiger partial charge in [-0.25, -0.2) is 10.2 Å². The zero-order valence-corrected chi connectivity index (χ0v) is 14.6. The van der Waals surface area contributed by atoms with E-state index in [1.165, 1.54) is 0 Å². The lowest BCUT2D eigenvalue weighted by Gasteiger charge is -2.07. The number of hydrogen-bond acceptors (Lipinski definition) is 5. The molecule has 0 radical (unpaired) electrons. The summed E-state index contributed by atoms with van der Waals surface area (Å²) >= 11 is 0. The summed E-state index contributed by atoms with van der Waals surface area (Å²) in [5.41, 5.74) is 4.22. The Balaban J connectivity index is 2.01. The van der Waals surface area contributed by atoms with Gasteiger partial charge < -0.3 is 14.6 Å². The van der Waals surface area contributed by atoms with Crippen LogP contribution in [0.4, 0.5) is 0 Å². The molecule has 26 heavy (non-hydrogen) atoms. The van der Waals surface area contributed by atoms with E-state index in [1.54, 1.807) is 55.5 Å². The summed E-state index contributed by atoms with van der Waals surface area (Å²) in [7, 11) is 0. The molecule has 1 amide bonds. The Labute approximate surface area is 151 Å². The van der Waals surface area contributed by atoms with Gasteiger partial charge in [0.15, 0.2) is 6.61 Å². The van der Waals surface area contributed by atoms with Crippen LogP contribution in [0.2, 0.25) is 0 Å². The third-order valence-corrected chi connectivity index (χ3v) is 3.37. The summed E-state index contributed by atoms with van der Waals surface area (Å²) in [6.45, 7) is 3.76. The number of rotatable bonds is 8. The quantitative estimate of drug-likeness (QED) is 0.560. The van der Waals surface area contributed by atoms with Crippen LogP contribution in [0, 0.1) is 0 Å². The second-order valence-corrected chi connectivity index (χ2v) is 5.31. The smallest absolute Gasteiger partial charge is 0.341 e. The van der Waals surface area contributed by atoms with Gasteiger partial charge in [-0.05, 0) is 50.2 Å². The Hall–Kier alpha value is -3.35. The Morgan fingerprint density at radius 3 is 2.42 bits per heavy atom. The number of carboxylic acids is 1. The average Bonchev–Trinajstić information content (AvgIpc) is 2.65. The maximum Gasteiger partial charge on any atom is 0.341 e. The number of nitrogens with one attached hydrogen (secondary N) is 1. The van der Waals surface area contributed by atoms with Gasteiger partial charge >= 0.3 is 5.97 Å². The van der Waals surface area contributed by atoms with Crippen LogP contribution in [0.1, 0.15) is 29.8 Å². The lowest BCUT2D eigenvalue weighted by atomic mass is 10.1. The van der Waals surface area contributed by atoms with Gasteiger partial charge in [-0.15, -0.1) is 0 Å². The van der Waals surface area contributed by atoms with E-state index in [0.717, 1.165) is 0 Å². The number of hydrogen-bond donors (Lipinski definition) is 2. The first-order valence-electron chi connectivity index (χ1n) is 8.02. The minimum Gasteiger partial charge on any atom is -0.494 e. The van der Waals surface area contributed by atoms with Crippen molar-refractivity contribution < 1.29 is 24.2 Å². The van der Waals surface area contributed by atoms with E-state index in [0.29, 0.717) is 34.9 Å². The molecular formula is C19H20N2O5. The number of carbonyl (C=O) groups is 2. The molecule has 0 fully saturated rings. The third kappa shape index (κ3) is 5.62. The SMILES string of the molecule is CCOc1ccc(C(=O)N/N=C(/C)c2cccc(OCC(=O)O)c2)cc1. The largest absolute Gasteiger partial charge is 0.494 e. The van der Waals surface area contributed by atoms with Crippen LogP contribution in [0.3, 0.4) is 0 Å². The monoisotopic (exact) mass is 356 g/mol. The van der Waals surface area contributed by atoms with Gasteiger partial charge in [0.2, 0.25) is 0 Å². The van der Waals surface area contributed by atoms with E-state index >= 15 is 0 Å². The van der Waals surface area contributed by atoms with E-state index < -0.39 is 12.6 Å². The second kappa shape index (κ2) is 9.22. The molecule has 0 atom stereocenters. The second-order valence-electron chi connectivity index (χ2n) is 5.31. The standard InChI is InChI=1S/C19H20N2O5/c1-3-25-16-9-7-14(8-10-16)19(24)21-20-13(2)15-5-4-6-17(11-15)26-12-18(22)23/h4-11H,3,12H2,1-2H3,(H,21,24)(H,22,23)/b20-13-. The fourth-order valence-corrected chi connectivity index (χ4v) is 2.09. The first-order valence-corrected chi connectivity index (χ1v) is 8.02. The van der Waals surface area contributed by atoms with Crippen LogP contribution in [0.15, 0.2) is 53.6 Å². The van der Waals surface area contributed by atoms with Crippen LogP contribution >= 0.6 is 0 Å². The van der Waals surface area contributed by atoms with Crippen molar-refractivity contribution in [2.24, 2.45) is 5.10 Å². The highest BCUT2D eigenvalue weighted by atomic mass is 16.5. The van der Waals surface area contributed by atoms with E-state index in [2.05, 4.69) is 10.5 Å². The summed E-state index contributed by atoms with van der Waals surface area (Å²) in [6, 6.07) is 13.6. The fraction of sp³-hybridized carbons (Fsp3) is 0.211. The highest BCUT2D eigenvalue weighted by molar-refractivity contribution is 6.01. The molecule has 0 aromatic heterocycles. The third-order valence-electron chi connectivity index (χ3n) is 3.37. The summed E-state index contributed by atoms with van der Waals surface area (Å²) in [4.78, 5) is 22.7. The van der Waals surface area contributed by atoms with E-state index in [1.807, 2.05) is 6.92 Å². The highest BCUT2D eigenvalue weighted by Gasteiger charge is 2.06. The summed E-state index contributed by atoms with van der Waals surface area (Å²) in [5.74, 6) is -0.284. The molecule has 0 aliphatic rings. The molecule has 0 bridgehead atoms. The summed E-state index contributed by atoms with van der Waals surface area (Å²) in [5, 5.41) is 12.7. The van der Waals surface area contributed by atoms with E-state index in [4.69, 9.17) is 14.6 Å². The van der Waals surface area contributed by atoms with Gasteiger partial charge in [0, 0.05) is 11.1 Å². The molecule has 2 aromatic rings. The molecular weight excluding hydrogens is 336 g/mol. The number of aliphatic carboxylic acids is 1. The fourth-order valence-electron chi connectivity index (χ4n) is 2.09. The number of hydrazone groups is 1. The molecule has 0 aliphatic carbocycles. The summed E-state index contributed by atoms with van der Waals surface area (Å²) < 4.78 is 10.5. The van der Waals surface area contributed by atoms with Crippen LogP contribution in [-0.4, -0.2) is 35.9 Å². The molecule has 0 heterocycles. The highest BCUT2D eigenvalue weighted by Crippen LogP contribution is 2.14. The molecule has 0 unspecified atom stereocenters. The Kier molecular flexibility index (Phi) is 6.73. The van der Waals surface area contributed by atoms with E-state index in [-0.39, 0.29) is 5.91 Å². The van der Waals surface area contributed by atoms with Crippen molar-refractivity contribution >= 4 is 17.6 Å². The van der Waals surface area contributed by atoms with Crippen molar-refractivity contribution in [1.29, 1.82) is 0 Å². The first kappa shape index (κ1) is 19.0. The van der Waals surface area contributed by atoms with E-state index in [9.17, 15) is 9.59 Å². The molecule has 0 spiro atoms. The number of carboxylic acid groups (broad SMARTS) is 1. The summed E-state index contributed by atoms with van der Waals surface area (Å²) in [6.07, 6.45) is 0. The topological polar surface area (TPSA) is 97.2 Å². The molecule has 7 nitrogen and oxygen atoms in total. The first-order chi connectivity index (χ1) is 12.5. The predicted octanol–water partition coefficient (Wildman–Crippen LogP) is 2.70. The number of benzene rings is 2. The van der Waals surface area contributed by atoms with Gasteiger partial charge in [0.1, 0.15) is 11.5 Å². The molecule has 2 rings (SSSR count). The number of carbonyl (C=O) groups excluding carboxylic acids is 1. The van der Waals surface area contributed by atoms with Gasteiger partial charge in [-0.2, -0.15) is 5.10 Å². The minimum atomic E-state index is -1.05. The lowest BCUT2D eigenvalue weighted by Crippen LogP contribution is -2.19. The number of ether oxygens (including phenoxy) is 2. The van der Waals surface area contributed by atoms with Crippen LogP contribution < -0.4 is 14.9 Å². The normalized spacial score (nSPS) is 10.9. The number of amides is 1. The maximum absolute atomic E-state index is 12.1. The van der Waals surface area contributed by atoms with Crippen LogP contribution in [0.25, 0.3) is 0 Å². The van der Waals surface area contributed by atoms with Gasteiger partial charge in [0.25, 0.3) is 5.91 Å². The van der Waals surface area contributed by atoms with Gasteiger partial charge in [-0.1, -0.05) is 12.1 Å². The Bertz CT molecular complexity index is 800. The molecule has 0 aliphatic heterocycles. The Morgan fingerprint density at radius 1 is 1.04 bits per heavy atom. The molecule has 2 aromatic carbocycles. The maximum atomic E-state index is 12.1. The average molecular weight is 356 g/mol. The lowest BCUT2D eigenvalue weighted by molar-refractivity contribution is -0.139. The van der Waals surface area contributed by atoms with Crippen molar-refractivity contribution in [2.45, 2.75) is 13.8 Å².